The molecule has 2 fully saturated rings. The maximum Gasteiger partial charge on any atom is 0.243 e. The maximum absolute atomic E-state index is 12.3. The number of aryl methyl sites for hydroxylation is 1. The fourth-order valence-corrected chi connectivity index (χ4v) is 4.49. The van der Waals surface area contributed by atoms with Gasteiger partial charge in [-0.05, 0) is 56.2 Å². The SMILES string of the molecule is CCc1ccccc1NC(=O)CNC(=O)CN1CCC[C@H]2CCCC[C@@H]21. The highest BCUT2D eigenvalue weighted by Gasteiger charge is 2.33. The highest BCUT2D eigenvalue weighted by Crippen LogP contribution is 2.34. The highest BCUT2D eigenvalue weighted by molar-refractivity contribution is 5.95. The summed E-state index contributed by atoms with van der Waals surface area (Å²) in [5.41, 5.74) is 1.93. The lowest BCUT2D eigenvalue weighted by Gasteiger charge is -2.43. The van der Waals surface area contributed by atoms with Gasteiger partial charge < -0.3 is 10.6 Å². The Kier molecular flexibility index (Phi) is 6.67. The van der Waals surface area contributed by atoms with Crippen LogP contribution in [0.15, 0.2) is 24.3 Å². The summed E-state index contributed by atoms with van der Waals surface area (Å²) in [6.07, 6.45) is 8.48. The second-order valence-electron chi connectivity index (χ2n) is 7.56. The van der Waals surface area contributed by atoms with Crippen molar-refractivity contribution in [3.8, 4) is 0 Å². The summed E-state index contributed by atoms with van der Waals surface area (Å²) in [5, 5.41) is 5.69. The summed E-state index contributed by atoms with van der Waals surface area (Å²) in [7, 11) is 0. The zero-order valence-electron chi connectivity index (χ0n) is 15.8. The minimum atomic E-state index is -0.173. The Labute approximate surface area is 156 Å². The van der Waals surface area contributed by atoms with Gasteiger partial charge in [0.05, 0.1) is 13.1 Å². The molecule has 0 unspecified atom stereocenters. The monoisotopic (exact) mass is 357 g/mol. The molecular formula is C21H31N3O2. The number of likely N-dealkylation sites (tertiary alicyclic amines) is 1. The number of rotatable bonds is 6. The predicted octanol–water partition coefficient (Wildman–Crippen LogP) is 2.96. The van der Waals surface area contributed by atoms with E-state index in [0.717, 1.165) is 30.1 Å². The lowest BCUT2D eigenvalue weighted by atomic mass is 9.78. The van der Waals surface area contributed by atoms with Crippen molar-refractivity contribution < 1.29 is 9.59 Å². The summed E-state index contributed by atoms with van der Waals surface area (Å²) in [6.45, 7) is 3.51. The average Bonchev–Trinajstić information content (AvgIpc) is 2.67. The third kappa shape index (κ3) is 4.85. The van der Waals surface area contributed by atoms with Crippen molar-refractivity contribution in [2.24, 2.45) is 5.92 Å². The fourth-order valence-electron chi connectivity index (χ4n) is 4.49. The Balaban J connectivity index is 1.45. The Morgan fingerprint density at radius 3 is 2.69 bits per heavy atom. The van der Waals surface area contributed by atoms with E-state index >= 15 is 0 Å². The lowest BCUT2D eigenvalue weighted by Crippen LogP contribution is -2.51. The largest absolute Gasteiger partial charge is 0.346 e. The normalized spacial score (nSPS) is 23.1. The second kappa shape index (κ2) is 9.17. The van der Waals surface area contributed by atoms with Gasteiger partial charge in [0, 0.05) is 11.7 Å². The summed E-state index contributed by atoms with van der Waals surface area (Å²) < 4.78 is 0. The highest BCUT2D eigenvalue weighted by atomic mass is 16.2. The molecule has 26 heavy (non-hydrogen) atoms. The first-order valence-electron chi connectivity index (χ1n) is 10.1. The molecule has 1 heterocycles. The van der Waals surface area contributed by atoms with E-state index in [2.05, 4.69) is 22.5 Å². The van der Waals surface area contributed by atoms with Gasteiger partial charge in [-0.25, -0.2) is 0 Å². The molecule has 2 aliphatic rings. The Morgan fingerprint density at radius 2 is 1.85 bits per heavy atom. The van der Waals surface area contributed by atoms with Gasteiger partial charge in [-0.2, -0.15) is 0 Å². The molecule has 5 nitrogen and oxygen atoms in total. The molecule has 0 bridgehead atoms. The first kappa shape index (κ1) is 18.9. The summed E-state index contributed by atoms with van der Waals surface area (Å²) in [6, 6.07) is 8.34. The van der Waals surface area contributed by atoms with E-state index in [-0.39, 0.29) is 18.4 Å². The van der Waals surface area contributed by atoms with E-state index in [1.54, 1.807) is 0 Å². The number of carbonyl (C=O) groups is 2. The molecule has 2 N–H and O–H groups in total. The minimum Gasteiger partial charge on any atom is -0.346 e. The lowest BCUT2D eigenvalue weighted by molar-refractivity contribution is -0.126. The molecule has 1 saturated carbocycles. The number of nitrogens with zero attached hydrogens (tertiary/aromatic N) is 1. The van der Waals surface area contributed by atoms with Gasteiger partial charge in [0.1, 0.15) is 0 Å². The molecule has 0 radical (unpaired) electrons. The number of fused-ring (bicyclic) bond motifs is 1. The van der Waals surface area contributed by atoms with Crippen LogP contribution < -0.4 is 10.6 Å². The van der Waals surface area contributed by atoms with Crippen molar-refractivity contribution >= 4 is 17.5 Å². The predicted molar refractivity (Wildman–Crippen MR) is 104 cm³/mol. The van der Waals surface area contributed by atoms with Gasteiger partial charge in [0.25, 0.3) is 0 Å². The van der Waals surface area contributed by atoms with Crippen molar-refractivity contribution in [1.29, 1.82) is 0 Å². The zero-order chi connectivity index (χ0) is 18.4. The molecule has 3 rings (SSSR count). The molecule has 0 aromatic heterocycles. The van der Waals surface area contributed by atoms with Crippen molar-refractivity contribution in [3.05, 3.63) is 29.8 Å². The van der Waals surface area contributed by atoms with Gasteiger partial charge in [-0.3, -0.25) is 14.5 Å². The third-order valence-corrected chi connectivity index (χ3v) is 5.82. The van der Waals surface area contributed by atoms with Gasteiger partial charge >= 0.3 is 0 Å². The number of piperidine rings is 1. The Morgan fingerprint density at radius 1 is 1.08 bits per heavy atom. The first-order chi connectivity index (χ1) is 12.7. The number of carbonyl (C=O) groups excluding carboxylic acids is 2. The number of amides is 2. The van der Waals surface area contributed by atoms with Crippen LogP contribution in [0.3, 0.4) is 0 Å². The maximum atomic E-state index is 12.3. The number of nitrogens with one attached hydrogen (secondary N) is 2. The third-order valence-electron chi connectivity index (χ3n) is 5.82. The molecule has 1 saturated heterocycles. The van der Waals surface area contributed by atoms with Crippen LogP contribution in [0.5, 0.6) is 0 Å². The van der Waals surface area contributed by atoms with E-state index in [1.807, 2.05) is 24.3 Å². The van der Waals surface area contributed by atoms with Crippen LogP contribution in [0.25, 0.3) is 0 Å². The minimum absolute atomic E-state index is 0.0266. The molecule has 142 valence electrons. The summed E-state index contributed by atoms with van der Waals surface area (Å²) in [4.78, 5) is 26.8. The number of anilines is 1. The first-order valence-corrected chi connectivity index (χ1v) is 10.1. The van der Waals surface area contributed by atoms with E-state index in [4.69, 9.17) is 0 Å². The van der Waals surface area contributed by atoms with Crippen LogP contribution in [0.2, 0.25) is 0 Å². The number of hydrogen-bond donors (Lipinski definition) is 2. The average molecular weight is 357 g/mol. The molecule has 2 amide bonds. The van der Waals surface area contributed by atoms with Gasteiger partial charge in [0.15, 0.2) is 0 Å². The van der Waals surface area contributed by atoms with Crippen LogP contribution in [0.1, 0.15) is 51.0 Å². The molecular weight excluding hydrogens is 326 g/mol. The topological polar surface area (TPSA) is 61.4 Å². The van der Waals surface area contributed by atoms with E-state index in [1.165, 1.54) is 38.5 Å². The Hall–Kier alpha value is -1.88. The second-order valence-corrected chi connectivity index (χ2v) is 7.56. The molecule has 5 heteroatoms. The standard InChI is InChI=1S/C21H31N3O2/c1-2-16-8-3-5-11-18(16)23-20(25)14-22-21(26)15-24-13-7-10-17-9-4-6-12-19(17)24/h3,5,8,11,17,19H,2,4,6-7,9-10,12-15H2,1H3,(H,22,26)(H,23,25)/t17-,19+/m1/s1. The molecule has 1 aromatic rings. The Bertz CT molecular complexity index is 629. The molecule has 1 aliphatic carbocycles. The van der Waals surface area contributed by atoms with Crippen molar-refractivity contribution in [3.63, 3.8) is 0 Å². The van der Waals surface area contributed by atoms with E-state index in [0.29, 0.717) is 12.6 Å². The number of hydrogen-bond acceptors (Lipinski definition) is 3. The van der Waals surface area contributed by atoms with Crippen molar-refractivity contribution in [2.45, 2.75) is 57.9 Å². The van der Waals surface area contributed by atoms with Gasteiger partial charge in [0.2, 0.25) is 11.8 Å². The van der Waals surface area contributed by atoms with Crippen molar-refractivity contribution in [1.82, 2.24) is 10.2 Å². The molecule has 0 spiro atoms. The zero-order valence-corrected chi connectivity index (χ0v) is 15.8. The van der Waals surface area contributed by atoms with E-state index in [9.17, 15) is 9.59 Å². The van der Waals surface area contributed by atoms with Crippen LogP contribution >= 0.6 is 0 Å². The van der Waals surface area contributed by atoms with Crippen LogP contribution in [0.4, 0.5) is 5.69 Å². The smallest absolute Gasteiger partial charge is 0.243 e. The fraction of sp³-hybridized carbons (Fsp3) is 0.619. The number of para-hydroxylation sites is 1. The molecule has 1 aliphatic heterocycles. The summed E-state index contributed by atoms with van der Waals surface area (Å²) in [5.74, 6) is 0.544. The van der Waals surface area contributed by atoms with Gasteiger partial charge in [-0.15, -0.1) is 0 Å². The molecule has 2 atom stereocenters. The summed E-state index contributed by atoms with van der Waals surface area (Å²) >= 11 is 0. The van der Waals surface area contributed by atoms with Gasteiger partial charge in [-0.1, -0.05) is 38.0 Å². The van der Waals surface area contributed by atoms with Crippen molar-refractivity contribution in [2.75, 3.05) is 25.0 Å². The van der Waals surface area contributed by atoms with Crippen LogP contribution in [0, 0.1) is 5.92 Å². The van der Waals surface area contributed by atoms with Crippen LogP contribution in [-0.2, 0) is 16.0 Å². The van der Waals surface area contributed by atoms with E-state index < -0.39 is 0 Å². The van der Waals surface area contributed by atoms with Crippen LogP contribution in [-0.4, -0.2) is 42.4 Å². The quantitative estimate of drug-likeness (QED) is 0.823. The molecule has 1 aromatic carbocycles. The number of benzene rings is 1.